The summed E-state index contributed by atoms with van der Waals surface area (Å²) < 4.78 is 0. The summed E-state index contributed by atoms with van der Waals surface area (Å²) in [5.74, 6) is -2.44. The first kappa shape index (κ1) is 26.6. The molecule has 2 aliphatic rings. The minimum atomic E-state index is -1.08. The van der Waals surface area contributed by atoms with Gasteiger partial charge in [-0.1, -0.05) is 40.0 Å². The number of hydrogen-bond acceptors (Lipinski definition) is 5. The minimum absolute atomic E-state index is 0.0959. The number of hydrogen-bond donors (Lipinski definition) is 4. The Labute approximate surface area is 195 Å². The van der Waals surface area contributed by atoms with Crippen molar-refractivity contribution in [2.45, 2.75) is 97.3 Å². The van der Waals surface area contributed by atoms with Crippen LogP contribution in [0.5, 0.6) is 0 Å². The van der Waals surface area contributed by atoms with Crippen LogP contribution in [0.3, 0.4) is 0 Å². The van der Waals surface area contributed by atoms with E-state index in [9.17, 15) is 24.0 Å². The van der Waals surface area contributed by atoms with Crippen LogP contribution in [0.25, 0.3) is 0 Å². The largest absolute Gasteiger partial charge is 0.363 e. The predicted molar refractivity (Wildman–Crippen MR) is 123 cm³/mol. The summed E-state index contributed by atoms with van der Waals surface area (Å²) in [5.41, 5.74) is 4.60. The van der Waals surface area contributed by atoms with E-state index in [0.717, 1.165) is 19.3 Å². The van der Waals surface area contributed by atoms with Gasteiger partial charge in [0.2, 0.25) is 17.6 Å². The summed E-state index contributed by atoms with van der Waals surface area (Å²) in [6.07, 6.45) is 4.39. The van der Waals surface area contributed by atoms with Gasteiger partial charge in [0.25, 0.3) is 5.91 Å². The lowest BCUT2D eigenvalue weighted by molar-refractivity contribution is -0.143. The molecule has 0 bridgehead atoms. The first-order valence-corrected chi connectivity index (χ1v) is 11.8. The van der Waals surface area contributed by atoms with Crippen LogP contribution in [0.15, 0.2) is 0 Å². The van der Waals surface area contributed by atoms with Gasteiger partial charge in [-0.3, -0.25) is 19.2 Å². The van der Waals surface area contributed by atoms with E-state index in [2.05, 4.69) is 16.0 Å². The Morgan fingerprint density at radius 2 is 1.61 bits per heavy atom. The number of nitrogens with zero attached hydrogens (tertiary/aromatic N) is 1. The van der Waals surface area contributed by atoms with Gasteiger partial charge in [-0.15, -0.1) is 0 Å². The van der Waals surface area contributed by atoms with Gasteiger partial charge >= 0.3 is 6.03 Å². The summed E-state index contributed by atoms with van der Waals surface area (Å²) in [6, 6.07) is -3.15. The fourth-order valence-electron chi connectivity index (χ4n) is 4.29. The number of carbonyl (C=O) groups is 5. The molecule has 33 heavy (non-hydrogen) atoms. The molecule has 3 atom stereocenters. The van der Waals surface area contributed by atoms with Crippen molar-refractivity contribution in [1.82, 2.24) is 20.9 Å². The highest BCUT2D eigenvalue weighted by Gasteiger charge is 2.43. The van der Waals surface area contributed by atoms with Gasteiger partial charge in [-0.2, -0.15) is 0 Å². The molecule has 1 saturated carbocycles. The maximum absolute atomic E-state index is 13.5. The number of Topliss-reactive ketones (excluding diaryl/α,β-unsaturated/α-hetero) is 1. The molecule has 0 aromatic carbocycles. The zero-order chi connectivity index (χ0) is 24.9. The van der Waals surface area contributed by atoms with E-state index in [1.54, 1.807) is 0 Å². The summed E-state index contributed by atoms with van der Waals surface area (Å²) in [6.45, 7) is 9.54. The van der Waals surface area contributed by atoms with Crippen LogP contribution < -0.4 is 21.7 Å². The number of nitrogens with one attached hydrogen (secondary N) is 3. The fourth-order valence-corrected chi connectivity index (χ4v) is 4.29. The van der Waals surface area contributed by atoms with Crippen molar-refractivity contribution in [2.75, 3.05) is 6.54 Å². The molecule has 10 heteroatoms. The number of carbonyl (C=O) groups excluding carboxylic acids is 5. The molecule has 0 radical (unpaired) electrons. The zero-order valence-electron chi connectivity index (χ0n) is 20.4. The van der Waals surface area contributed by atoms with Crippen molar-refractivity contribution in [3.05, 3.63) is 0 Å². The molecule has 5 N–H and O–H groups in total. The molecule has 10 nitrogen and oxygen atoms in total. The van der Waals surface area contributed by atoms with Crippen LogP contribution >= 0.6 is 0 Å². The summed E-state index contributed by atoms with van der Waals surface area (Å²) in [5, 5.41) is 8.16. The molecule has 2 fully saturated rings. The van der Waals surface area contributed by atoms with E-state index in [-0.39, 0.29) is 17.9 Å². The normalized spacial score (nSPS) is 20.5. The van der Waals surface area contributed by atoms with Gasteiger partial charge in [-0.05, 0) is 44.4 Å². The topological polar surface area (TPSA) is 151 Å². The van der Waals surface area contributed by atoms with E-state index >= 15 is 0 Å². The Morgan fingerprint density at radius 3 is 2.09 bits per heavy atom. The molecule has 1 saturated heterocycles. The molecule has 1 heterocycles. The maximum Gasteiger partial charge on any atom is 0.315 e. The Kier molecular flexibility index (Phi) is 8.85. The van der Waals surface area contributed by atoms with Gasteiger partial charge in [0.1, 0.15) is 12.1 Å². The molecule has 0 aromatic heterocycles. The lowest BCUT2D eigenvalue weighted by Crippen LogP contribution is -2.60. The molecule has 5 amide bonds. The Hall–Kier alpha value is -2.65. The molecule has 2 rings (SSSR count). The van der Waals surface area contributed by atoms with Gasteiger partial charge < -0.3 is 26.6 Å². The molecular formula is C23H39N5O5. The number of amides is 5. The lowest BCUT2D eigenvalue weighted by Gasteiger charge is -2.36. The second-order valence-corrected chi connectivity index (χ2v) is 10.6. The number of rotatable bonds is 9. The third kappa shape index (κ3) is 7.17. The van der Waals surface area contributed by atoms with E-state index in [0.29, 0.717) is 25.8 Å². The van der Waals surface area contributed by atoms with E-state index in [1.165, 1.54) is 4.90 Å². The maximum atomic E-state index is 13.5. The quantitative estimate of drug-likeness (QED) is 0.372. The van der Waals surface area contributed by atoms with Crippen molar-refractivity contribution in [3.63, 3.8) is 0 Å². The summed E-state index contributed by atoms with van der Waals surface area (Å²) >= 11 is 0. The lowest BCUT2D eigenvalue weighted by atomic mass is 9.80. The second kappa shape index (κ2) is 11.0. The first-order chi connectivity index (χ1) is 15.3. The Morgan fingerprint density at radius 1 is 0.970 bits per heavy atom. The minimum Gasteiger partial charge on any atom is -0.363 e. The standard InChI is InChI=1S/C23H39N5O5/c1-13(2)25-22(33)27-18(23(3,4)5)21(32)28-11-7-10-16(28)20(31)26-15(17(29)19(24)30)12-14-8-6-9-14/h13-16,18H,6-12H2,1-5H3,(H2,24,30)(H,26,31)(H2,25,27,33)/t15?,16-,18?/m0/s1. The van der Waals surface area contributed by atoms with Crippen LogP contribution in [0, 0.1) is 11.3 Å². The van der Waals surface area contributed by atoms with E-state index in [1.807, 2.05) is 34.6 Å². The second-order valence-electron chi connectivity index (χ2n) is 10.6. The Balaban J connectivity index is 2.14. The van der Waals surface area contributed by atoms with Crippen LogP contribution in [0.1, 0.15) is 73.1 Å². The highest BCUT2D eigenvalue weighted by molar-refractivity contribution is 6.37. The first-order valence-electron chi connectivity index (χ1n) is 11.8. The number of nitrogens with two attached hydrogens (primary N) is 1. The van der Waals surface area contributed by atoms with Crippen molar-refractivity contribution in [3.8, 4) is 0 Å². The van der Waals surface area contributed by atoms with Crippen molar-refractivity contribution in [2.24, 2.45) is 17.1 Å². The molecule has 1 aliphatic carbocycles. The van der Waals surface area contributed by atoms with Gasteiger partial charge in [0.15, 0.2) is 0 Å². The number of likely N-dealkylation sites (tertiary alicyclic amines) is 1. The van der Waals surface area contributed by atoms with Gasteiger partial charge in [0, 0.05) is 12.6 Å². The van der Waals surface area contributed by atoms with Crippen LogP contribution in [0.4, 0.5) is 4.79 Å². The van der Waals surface area contributed by atoms with Crippen molar-refractivity contribution < 1.29 is 24.0 Å². The third-order valence-corrected chi connectivity index (χ3v) is 6.32. The monoisotopic (exact) mass is 465 g/mol. The SMILES string of the molecule is CC(C)NC(=O)NC(C(=O)N1CCC[C@H]1C(=O)NC(CC1CCC1)C(=O)C(N)=O)C(C)(C)C. The molecular weight excluding hydrogens is 426 g/mol. The highest BCUT2D eigenvalue weighted by atomic mass is 16.2. The van der Waals surface area contributed by atoms with E-state index in [4.69, 9.17) is 5.73 Å². The third-order valence-electron chi connectivity index (χ3n) is 6.32. The summed E-state index contributed by atoms with van der Waals surface area (Å²) in [4.78, 5) is 64.2. The predicted octanol–water partition coefficient (Wildman–Crippen LogP) is 0.829. The van der Waals surface area contributed by atoms with Crippen LogP contribution in [0.2, 0.25) is 0 Å². The molecule has 0 spiro atoms. The van der Waals surface area contributed by atoms with E-state index < -0.39 is 47.2 Å². The molecule has 0 aromatic rings. The average molecular weight is 466 g/mol. The average Bonchev–Trinajstić information content (AvgIpc) is 3.15. The molecule has 1 aliphatic heterocycles. The van der Waals surface area contributed by atoms with Crippen molar-refractivity contribution in [1.29, 1.82) is 0 Å². The fraction of sp³-hybridized carbons (Fsp3) is 0.783. The molecule has 186 valence electrons. The summed E-state index contributed by atoms with van der Waals surface area (Å²) in [7, 11) is 0. The number of ketones is 1. The zero-order valence-corrected chi connectivity index (χ0v) is 20.4. The number of urea groups is 1. The number of primary amides is 1. The van der Waals surface area contributed by atoms with Gasteiger partial charge in [-0.25, -0.2) is 4.79 Å². The Bertz CT molecular complexity index is 772. The smallest absolute Gasteiger partial charge is 0.315 e. The molecule has 2 unspecified atom stereocenters. The van der Waals surface area contributed by atoms with Crippen molar-refractivity contribution >= 4 is 29.5 Å². The van der Waals surface area contributed by atoms with Gasteiger partial charge in [0.05, 0.1) is 6.04 Å². The highest BCUT2D eigenvalue weighted by Crippen LogP contribution is 2.31. The van der Waals surface area contributed by atoms with Crippen LogP contribution in [-0.4, -0.2) is 65.1 Å². The van der Waals surface area contributed by atoms with Crippen LogP contribution in [-0.2, 0) is 19.2 Å².